The fourth-order valence-electron chi connectivity index (χ4n) is 2.90. The van der Waals surface area contributed by atoms with Crippen LogP contribution < -0.4 is 5.73 Å². The minimum Gasteiger partial charge on any atom is -0.392 e. The minimum atomic E-state index is -0.731. The molecule has 0 saturated heterocycles. The molecule has 0 amide bonds. The highest BCUT2D eigenvalue weighted by Gasteiger charge is 2.13. The lowest BCUT2D eigenvalue weighted by Crippen LogP contribution is -2.30. The summed E-state index contributed by atoms with van der Waals surface area (Å²) in [5.41, 5.74) is 5.34. The van der Waals surface area contributed by atoms with Crippen LogP contribution in [0.4, 0.5) is 0 Å². The molecule has 0 aromatic carbocycles. The first-order valence-corrected chi connectivity index (χ1v) is 10.6. The fraction of sp³-hybridized carbons (Fsp3) is 0.905. The SMILES string of the molecule is CCCCCCCCCCCCCCCCCC(=O)OC(=O)[C@@H](C)N. The van der Waals surface area contributed by atoms with Gasteiger partial charge in [0.25, 0.3) is 0 Å². The van der Waals surface area contributed by atoms with E-state index in [0.29, 0.717) is 6.42 Å². The zero-order valence-corrected chi connectivity index (χ0v) is 16.7. The smallest absolute Gasteiger partial charge is 0.330 e. The van der Waals surface area contributed by atoms with Gasteiger partial charge >= 0.3 is 11.9 Å². The zero-order chi connectivity index (χ0) is 18.8. The van der Waals surface area contributed by atoms with Gasteiger partial charge in [0.1, 0.15) is 6.04 Å². The van der Waals surface area contributed by atoms with Crippen LogP contribution >= 0.6 is 0 Å². The Bertz CT molecular complexity index is 329. The molecule has 25 heavy (non-hydrogen) atoms. The Hall–Kier alpha value is -0.900. The standard InChI is InChI=1S/C21H41NO3/c1-3-4-5-6-7-8-9-10-11-12-13-14-15-16-17-18-20(23)25-21(24)19(2)22/h19H,3-18,22H2,1-2H3/t19-/m1/s1. The molecule has 2 N–H and O–H groups in total. The average Bonchev–Trinajstić information content (AvgIpc) is 2.58. The second kappa shape index (κ2) is 17.9. The van der Waals surface area contributed by atoms with Crippen molar-refractivity contribution in [1.29, 1.82) is 0 Å². The second-order valence-corrected chi connectivity index (χ2v) is 7.28. The Kier molecular flexibility index (Phi) is 17.3. The number of hydrogen-bond donors (Lipinski definition) is 1. The van der Waals surface area contributed by atoms with Gasteiger partial charge in [0, 0.05) is 6.42 Å². The van der Waals surface area contributed by atoms with Crippen LogP contribution in [-0.2, 0) is 14.3 Å². The number of rotatable bonds is 17. The summed E-state index contributed by atoms with van der Waals surface area (Å²) in [4.78, 5) is 22.5. The third-order valence-electron chi connectivity index (χ3n) is 4.57. The van der Waals surface area contributed by atoms with Crippen molar-refractivity contribution < 1.29 is 14.3 Å². The van der Waals surface area contributed by atoms with Gasteiger partial charge < -0.3 is 10.5 Å². The van der Waals surface area contributed by atoms with Crippen LogP contribution in [0, 0.1) is 0 Å². The topological polar surface area (TPSA) is 69.4 Å². The lowest BCUT2D eigenvalue weighted by molar-refractivity contribution is -0.160. The highest BCUT2D eigenvalue weighted by molar-refractivity contribution is 5.87. The lowest BCUT2D eigenvalue weighted by atomic mass is 10.0. The van der Waals surface area contributed by atoms with E-state index in [4.69, 9.17) is 5.73 Å². The van der Waals surface area contributed by atoms with Gasteiger partial charge in [0.15, 0.2) is 0 Å². The van der Waals surface area contributed by atoms with Gasteiger partial charge in [-0.2, -0.15) is 0 Å². The van der Waals surface area contributed by atoms with Gasteiger partial charge in [0.2, 0.25) is 0 Å². The number of esters is 2. The second-order valence-electron chi connectivity index (χ2n) is 7.28. The van der Waals surface area contributed by atoms with Crippen LogP contribution in [-0.4, -0.2) is 18.0 Å². The van der Waals surface area contributed by atoms with Crippen LogP contribution in [0.2, 0.25) is 0 Å². The van der Waals surface area contributed by atoms with Crippen molar-refractivity contribution in [2.24, 2.45) is 5.73 Å². The highest BCUT2D eigenvalue weighted by Crippen LogP contribution is 2.13. The Morgan fingerprint density at radius 1 is 0.720 bits per heavy atom. The average molecular weight is 356 g/mol. The number of unbranched alkanes of at least 4 members (excludes halogenated alkanes) is 14. The summed E-state index contributed by atoms with van der Waals surface area (Å²) in [6.45, 7) is 3.78. The molecular weight excluding hydrogens is 314 g/mol. The Morgan fingerprint density at radius 3 is 1.44 bits per heavy atom. The first kappa shape index (κ1) is 24.1. The van der Waals surface area contributed by atoms with Crippen LogP contribution in [0.25, 0.3) is 0 Å². The number of nitrogens with two attached hydrogens (primary N) is 1. The van der Waals surface area contributed by atoms with Crippen LogP contribution in [0.3, 0.4) is 0 Å². The quantitative estimate of drug-likeness (QED) is 0.207. The van der Waals surface area contributed by atoms with Gasteiger partial charge in [-0.05, 0) is 13.3 Å². The van der Waals surface area contributed by atoms with E-state index in [9.17, 15) is 9.59 Å². The van der Waals surface area contributed by atoms with E-state index in [1.807, 2.05) is 0 Å². The van der Waals surface area contributed by atoms with Crippen LogP contribution in [0.15, 0.2) is 0 Å². The van der Waals surface area contributed by atoms with Crippen LogP contribution in [0.5, 0.6) is 0 Å². The summed E-state index contributed by atoms with van der Waals surface area (Å²) >= 11 is 0. The number of carbonyl (C=O) groups excluding carboxylic acids is 2. The van der Waals surface area contributed by atoms with Gasteiger partial charge in [0.05, 0.1) is 0 Å². The molecule has 0 aliphatic heterocycles. The Balaban J connectivity index is 3.19. The molecule has 4 heteroatoms. The number of carbonyl (C=O) groups is 2. The van der Waals surface area contributed by atoms with E-state index in [2.05, 4.69) is 11.7 Å². The molecule has 4 nitrogen and oxygen atoms in total. The molecule has 0 heterocycles. The summed E-state index contributed by atoms with van der Waals surface area (Å²) in [7, 11) is 0. The molecular formula is C21H41NO3. The predicted molar refractivity (Wildman–Crippen MR) is 104 cm³/mol. The molecule has 0 aliphatic carbocycles. The first-order valence-electron chi connectivity index (χ1n) is 10.6. The number of ether oxygens (including phenoxy) is 1. The maximum atomic E-state index is 11.4. The molecule has 0 aromatic heterocycles. The fourth-order valence-corrected chi connectivity index (χ4v) is 2.90. The summed E-state index contributed by atoms with van der Waals surface area (Å²) in [6.07, 6.45) is 19.7. The normalized spacial score (nSPS) is 12.1. The third kappa shape index (κ3) is 17.7. The summed E-state index contributed by atoms with van der Waals surface area (Å²) in [5.74, 6) is -1.08. The highest BCUT2D eigenvalue weighted by atomic mass is 16.6. The van der Waals surface area contributed by atoms with Crippen molar-refractivity contribution in [3.63, 3.8) is 0 Å². The summed E-state index contributed by atoms with van der Waals surface area (Å²) in [6, 6.07) is -0.731. The molecule has 148 valence electrons. The Labute approximate surface area is 155 Å². The van der Waals surface area contributed by atoms with Gasteiger partial charge in [-0.1, -0.05) is 96.8 Å². The summed E-state index contributed by atoms with van der Waals surface area (Å²) in [5, 5.41) is 0. The van der Waals surface area contributed by atoms with E-state index >= 15 is 0 Å². The Morgan fingerprint density at radius 2 is 1.08 bits per heavy atom. The van der Waals surface area contributed by atoms with E-state index in [1.165, 1.54) is 84.0 Å². The van der Waals surface area contributed by atoms with E-state index < -0.39 is 18.0 Å². The van der Waals surface area contributed by atoms with Crippen molar-refractivity contribution in [3.05, 3.63) is 0 Å². The monoisotopic (exact) mass is 355 g/mol. The molecule has 0 radical (unpaired) electrons. The molecule has 0 aromatic rings. The van der Waals surface area contributed by atoms with Gasteiger partial charge in [-0.15, -0.1) is 0 Å². The maximum absolute atomic E-state index is 11.4. The van der Waals surface area contributed by atoms with E-state index in [-0.39, 0.29) is 0 Å². The van der Waals surface area contributed by atoms with Crippen molar-refractivity contribution in [2.45, 2.75) is 123 Å². The molecule has 0 unspecified atom stereocenters. The summed E-state index contributed by atoms with van der Waals surface area (Å²) < 4.78 is 4.63. The van der Waals surface area contributed by atoms with Crippen molar-refractivity contribution >= 4 is 11.9 Å². The molecule has 0 bridgehead atoms. The molecule has 1 atom stereocenters. The molecule has 0 spiro atoms. The van der Waals surface area contributed by atoms with Crippen molar-refractivity contribution in [2.75, 3.05) is 0 Å². The maximum Gasteiger partial charge on any atom is 0.330 e. The van der Waals surface area contributed by atoms with Gasteiger partial charge in [-0.25, -0.2) is 4.79 Å². The molecule has 0 rings (SSSR count). The van der Waals surface area contributed by atoms with Crippen LogP contribution in [0.1, 0.15) is 117 Å². The van der Waals surface area contributed by atoms with Crippen molar-refractivity contribution in [3.8, 4) is 0 Å². The largest absolute Gasteiger partial charge is 0.392 e. The van der Waals surface area contributed by atoms with Gasteiger partial charge in [-0.3, -0.25) is 4.79 Å². The van der Waals surface area contributed by atoms with Crippen molar-refractivity contribution in [1.82, 2.24) is 0 Å². The zero-order valence-electron chi connectivity index (χ0n) is 16.7. The van der Waals surface area contributed by atoms with E-state index in [1.54, 1.807) is 0 Å². The number of hydrogen-bond acceptors (Lipinski definition) is 4. The lowest BCUT2D eigenvalue weighted by Gasteiger charge is -2.05. The molecule has 0 fully saturated rings. The van der Waals surface area contributed by atoms with E-state index in [0.717, 1.165) is 19.3 Å². The third-order valence-corrected chi connectivity index (χ3v) is 4.57. The molecule has 0 aliphatic rings. The minimum absolute atomic E-state index is 0.316. The first-order chi connectivity index (χ1) is 12.1. The predicted octanol–water partition coefficient (Wildman–Crippen LogP) is 5.66. The molecule has 0 saturated carbocycles.